The van der Waals surface area contributed by atoms with Crippen molar-refractivity contribution >= 4 is 11.8 Å². The van der Waals surface area contributed by atoms with Gasteiger partial charge in [-0.05, 0) is 39.7 Å². The lowest BCUT2D eigenvalue weighted by Gasteiger charge is -2.21. The normalized spacial score (nSPS) is 21.1. The van der Waals surface area contributed by atoms with E-state index >= 15 is 0 Å². The third-order valence-electron chi connectivity index (χ3n) is 3.29. The molecule has 0 saturated carbocycles. The lowest BCUT2D eigenvalue weighted by Crippen LogP contribution is -2.41. The van der Waals surface area contributed by atoms with E-state index in [9.17, 15) is 9.59 Å². The van der Waals surface area contributed by atoms with Crippen LogP contribution in [0.3, 0.4) is 0 Å². The van der Waals surface area contributed by atoms with Gasteiger partial charge in [0.25, 0.3) is 0 Å². The highest BCUT2D eigenvalue weighted by Crippen LogP contribution is 2.22. The predicted octanol–water partition coefficient (Wildman–Crippen LogP) is 2.90. The Morgan fingerprint density at radius 3 is 2.39 bits per heavy atom. The topological polar surface area (TPSA) is 46.2 Å². The second-order valence-corrected chi connectivity index (χ2v) is 4.81. The van der Waals surface area contributed by atoms with Gasteiger partial charge in [0.1, 0.15) is 0 Å². The molecular weight excluding hydrogens is 226 g/mol. The standard InChI is InChI=1S/C15H21NO2/c1-5-12(7-6-11(4)10(2)3)13-8-9-14(17)16-15(13)18/h5-7,13H,8-9H2,1-4H3,(H,16,17,18)/b7-6-,12-5+. The van der Waals surface area contributed by atoms with E-state index in [1.54, 1.807) is 0 Å². The third-order valence-corrected chi connectivity index (χ3v) is 3.29. The Morgan fingerprint density at radius 2 is 1.89 bits per heavy atom. The summed E-state index contributed by atoms with van der Waals surface area (Å²) < 4.78 is 0. The Morgan fingerprint density at radius 1 is 1.22 bits per heavy atom. The van der Waals surface area contributed by atoms with Crippen molar-refractivity contribution in [3.8, 4) is 0 Å². The fourth-order valence-electron chi connectivity index (χ4n) is 1.81. The van der Waals surface area contributed by atoms with E-state index in [-0.39, 0.29) is 17.7 Å². The second kappa shape index (κ2) is 6.34. The average Bonchev–Trinajstić information content (AvgIpc) is 2.31. The number of nitrogens with one attached hydrogen (secondary N) is 1. The minimum absolute atomic E-state index is 0.170. The molecule has 1 unspecified atom stereocenters. The van der Waals surface area contributed by atoms with Gasteiger partial charge in [0.15, 0.2) is 0 Å². The van der Waals surface area contributed by atoms with Crippen molar-refractivity contribution in [3.05, 3.63) is 34.9 Å². The Labute approximate surface area is 109 Å². The lowest BCUT2D eigenvalue weighted by atomic mass is 9.89. The van der Waals surface area contributed by atoms with Crippen molar-refractivity contribution in [2.75, 3.05) is 0 Å². The number of piperidine rings is 1. The first kappa shape index (κ1) is 14.4. The molecule has 0 bridgehead atoms. The maximum Gasteiger partial charge on any atom is 0.234 e. The van der Waals surface area contributed by atoms with E-state index in [1.165, 1.54) is 11.1 Å². The molecule has 2 amide bonds. The van der Waals surface area contributed by atoms with Crippen LogP contribution in [0.25, 0.3) is 0 Å². The van der Waals surface area contributed by atoms with Crippen LogP contribution in [0.4, 0.5) is 0 Å². The van der Waals surface area contributed by atoms with E-state index in [4.69, 9.17) is 0 Å². The summed E-state index contributed by atoms with van der Waals surface area (Å²) in [7, 11) is 0. The largest absolute Gasteiger partial charge is 0.296 e. The maximum absolute atomic E-state index is 11.8. The van der Waals surface area contributed by atoms with Gasteiger partial charge in [-0.15, -0.1) is 0 Å². The molecule has 0 spiro atoms. The minimum atomic E-state index is -0.200. The van der Waals surface area contributed by atoms with Crippen molar-refractivity contribution in [3.63, 3.8) is 0 Å². The predicted molar refractivity (Wildman–Crippen MR) is 72.8 cm³/mol. The fourth-order valence-corrected chi connectivity index (χ4v) is 1.81. The summed E-state index contributed by atoms with van der Waals surface area (Å²) in [5.74, 6) is -0.552. The van der Waals surface area contributed by atoms with Gasteiger partial charge < -0.3 is 0 Å². The van der Waals surface area contributed by atoms with Gasteiger partial charge in [-0.3, -0.25) is 14.9 Å². The highest BCUT2D eigenvalue weighted by atomic mass is 16.2. The van der Waals surface area contributed by atoms with E-state index < -0.39 is 0 Å². The zero-order chi connectivity index (χ0) is 13.7. The molecule has 0 aromatic rings. The van der Waals surface area contributed by atoms with Crippen LogP contribution in [0.2, 0.25) is 0 Å². The van der Waals surface area contributed by atoms with Gasteiger partial charge in [0.2, 0.25) is 11.8 Å². The number of carbonyl (C=O) groups excluding carboxylic acids is 2. The highest BCUT2D eigenvalue weighted by molar-refractivity contribution is 6.00. The third kappa shape index (κ3) is 3.69. The second-order valence-electron chi connectivity index (χ2n) is 4.81. The van der Waals surface area contributed by atoms with Crippen molar-refractivity contribution in [1.82, 2.24) is 5.32 Å². The maximum atomic E-state index is 11.8. The quantitative estimate of drug-likeness (QED) is 0.615. The molecule has 1 saturated heterocycles. The molecule has 1 aliphatic rings. The molecule has 1 atom stereocenters. The summed E-state index contributed by atoms with van der Waals surface area (Å²) >= 11 is 0. The van der Waals surface area contributed by atoms with Gasteiger partial charge in [-0.2, -0.15) is 0 Å². The molecule has 18 heavy (non-hydrogen) atoms. The van der Waals surface area contributed by atoms with E-state index in [1.807, 2.05) is 32.1 Å². The van der Waals surface area contributed by atoms with E-state index in [0.717, 1.165) is 5.57 Å². The van der Waals surface area contributed by atoms with Gasteiger partial charge >= 0.3 is 0 Å². The fraction of sp³-hybridized carbons (Fsp3) is 0.467. The number of rotatable bonds is 3. The summed E-state index contributed by atoms with van der Waals surface area (Å²) in [4.78, 5) is 22.9. The summed E-state index contributed by atoms with van der Waals surface area (Å²) in [5, 5.41) is 2.39. The average molecular weight is 247 g/mol. The molecule has 1 heterocycles. The molecular formula is C15H21NO2. The molecule has 0 aromatic carbocycles. The molecule has 1 rings (SSSR count). The molecule has 0 aromatic heterocycles. The summed E-state index contributed by atoms with van der Waals surface area (Å²) in [5.41, 5.74) is 3.42. The number of allylic oxidation sites excluding steroid dienone is 5. The van der Waals surface area contributed by atoms with E-state index in [0.29, 0.717) is 12.8 Å². The highest BCUT2D eigenvalue weighted by Gasteiger charge is 2.27. The van der Waals surface area contributed by atoms with Crippen LogP contribution < -0.4 is 5.32 Å². The molecule has 98 valence electrons. The zero-order valence-electron chi connectivity index (χ0n) is 11.5. The Hall–Kier alpha value is -1.64. The van der Waals surface area contributed by atoms with Crippen LogP contribution in [-0.4, -0.2) is 11.8 Å². The Kier molecular flexibility index (Phi) is 5.08. The Bertz CT molecular complexity index is 437. The number of imide groups is 1. The van der Waals surface area contributed by atoms with Crippen molar-refractivity contribution in [2.45, 2.75) is 40.5 Å². The smallest absolute Gasteiger partial charge is 0.234 e. The molecule has 3 heteroatoms. The van der Waals surface area contributed by atoms with Crippen molar-refractivity contribution in [1.29, 1.82) is 0 Å². The number of amides is 2. The molecule has 0 aliphatic carbocycles. The summed E-state index contributed by atoms with van der Waals surface area (Å²) in [6, 6.07) is 0. The van der Waals surface area contributed by atoms with Gasteiger partial charge in [-0.1, -0.05) is 29.4 Å². The SMILES string of the molecule is C/C=C(\C=C/C(C)=C(C)C)C1CCC(=O)NC1=O. The monoisotopic (exact) mass is 247 g/mol. The van der Waals surface area contributed by atoms with E-state index in [2.05, 4.69) is 19.2 Å². The molecule has 3 nitrogen and oxygen atoms in total. The van der Waals surface area contributed by atoms with Crippen molar-refractivity contribution < 1.29 is 9.59 Å². The van der Waals surface area contributed by atoms with Crippen LogP contribution in [0.15, 0.2) is 34.9 Å². The van der Waals surface area contributed by atoms with Gasteiger partial charge in [-0.25, -0.2) is 0 Å². The van der Waals surface area contributed by atoms with Crippen LogP contribution in [0, 0.1) is 5.92 Å². The lowest BCUT2D eigenvalue weighted by molar-refractivity contribution is -0.135. The first-order valence-electron chi connectivity index (χ1n) is 6.27. The first-order chi connectivity index (χ1) is 8.45. The molecule has 1 N–H and O–H groups in total. The van der Waals surface area contributed by atoms with Crippen molar-refractivity contribution in [2.24, 2.45) is 5.92 Å². The van der Waals surface area contributed by atoms with Crippen LogP contribution in [-0.2, 0) is 9.59 Å². The molecule has 1 aliphatic heterocycles. The first-order valence-corrected chi connectivity index (χ1v) is 6.27. The number of hydrogen-bond donors (Lipinski definition) is 1. The summed E-state index contributed by atoms with van der Waals surface area (Å²) in [6.45, 7) is 8.08. The van der Waals surface area contributed by atoms with Crippen LogP contribution >= 0.6 is 0 Å². The number of carbonyl (C=O) groups is 2. The molecule has 1 fully saturated rings. The van der Waals surface area contributed by atoms with Crippen LogP contribution in [0.1, 0.15) is 40.5 Å². The minimum Gasteiger partial charge on any atom is -0.296 e. The Balaban J connectivity index is 2.83. The van der Waals surface area contributed by atoms with Gasteiger partial charge in [0.05, 0.1) is 5.92 Å². The van der Waals surface area contributed by atoms with Gasteiger partial charge in [0, 0.05) is 6.42 Å². The number of hydrogen-bond acceptors (Lipinski definition) is 2. The molecule has 0 radical (unpaired) electrons. The zero-order valence-corrected chi connectivity index (χ0v) is 11.5. The van der Waals surface area contributed by atoms with Crippen LogP contribution in [0.5, 0.6) is 0 Å². The summed E-state index contributed by atoms with van der Waals surface area (Å²) in [6.07, 6.45) is 6.96.